The van der Waals surface area contributed by atoms with Crippen LogP contribution in [0.15, 0.2) is 10.9 Å². The van der Waals surface area contributed by atoms with E-state index >= 15 is 0 Å². The number of anilines is 1. The minimum atomic E-state index is -0.0949. The van der Waals surface area contributed by atoms with Gasteiger partial charge in [-0.25, -0.2) is 0 Å². The van der Waals surface area contributed by atoms with Crippen LogP contribution in [0, 0.1) is 0 Å². The van der Waals surface area contributed by atoms with Crippen LogP contribution in [-0.2, 0) is 6.54 Å². The van der Waals surface area contributed by atoms with Crippen molar-refractivity contribution in [2.24, 2.45) is 0 Å². The van der Waals surface area contributed by atoms with E-state index in [0.29, 0.717) is 5.92 Å². The fraction of sp³-hybridized carbons (Fsp3) is 0.667. The third-order valence-corrected chi connectivity index (χ3v) is 3.67. The maximum atomic E-state index is 11.6. The van der Waals surface area contributed by atoms with Crippen LogP contribution in [-0.4, -0.2) is 16.1 Å². The Morgan fingerprint density at radius 3 is 2.94 bits per heavy atom. The van der Waals surface area contributed by atoms with E-state index in [1.54, 1.807) is 6.07 Å². The molecule has 1 saturated carbocycles. The number of rotatable bonds is 1. The van der Waals surface area contributed by atoms with Crippen molar-refractivity contribution in [1.29, 1.82) is 0 Å². The van der Waals surface area contributed by atoms with Crippen molar-refractivity contribution in [1.82, 2.24) is 9.55 Å². The molecule has 2 heterocycles. The Hall–Kier alpha value is -1.32. The van der Waals surface area contributed by atoms with Crippen molar-refractivity contribution in [3.05, 3.63) is 22.1 Å². The fourth-order valence-electron chi connectivity index (χ4n) is 2.89. The van der Waals surface area contributed by atoms with Crippen molar-refractivity contribution in [2.45, 2.75) is 44.6 Å². The maximum absolute atomic E-state index is 11.6. The molecule has 16 heavy (non-hydrogen) atoms. The molecule has 1 aromatic rings. The summed E-state index contributed by atoms with van der Waals surface area (Å²) in [6, 6.07) is 1.74. The zero-order valence-electron chi connectivity index (χ0n) is 9.41. The molecule has 0 aromatic carbocycles. The second kappa shape index (κ2) is 3.92. The summed E-state index contributed by atoms with van der Waals surface area (Å²) in [6.45, 7) is 1.93. The lowest BCUT2D eigenvalue weighted by molar-refractivity contribution is 0.545. The second-order valence-corrected chi connectivity index (χ2v) is 4.76. The van der Waals surface area contributed by atoms with Crippen LogP contribution in [0.1, 0.15) is 43.7 Å². The van der Waals surface area contributed by atoms with E-state index < -0.39 is 0 Å². The first-order valence-corrected chi connectivity index (χ1v) is 6.20. The fourth-order valence-corrected chi connectivity index (χ4v) is 2.89. The molecule has 1 fully saturated rings. The van der Waals surface area contributed by atoms with Crippen LogP contribution >= 0.6 is 0 Å². The lowest BCUT2D eigenvalue weighted by Gasteiger charge is -2.25. The molecule has 0 spiro atoms. The second-order valence-electron chi connectivity index (χ2n) is 4.76. The zero-order chi connectivity index (χ0) is 11.0. The highest BCUT2D eigenvalue weighted by atomic mass is 16.1. The summed E-state index contributed by atoms with van der Waals surface area (Å²) in [5.41, 5.74) is 1.11. The molecule has 0 saturated heterocycles. The van der Waals surface area contributed by atoms with Crippen LogP contribution in [0.2, 0.25) is 0 Å². The Labute approximate surface area is 94.7 Å². The average Bonchev–Trinajstić information content (AvgIpc) is 2.81. The third-order valence-electron chi connectivity index (χ3n) is 3.67. The van der Waals surface area contributed by atoms with E-state index in [9.17, 15) is 4.79 Å². The van der Waals surface area contributed by atoms with E-state index in [0.717, 1.165) is 25.5 Å². The molecule has 1 N–H and O–H groups in total. The highest BCUT2D eigenvalue weighted by Gasteiger charge is 2.23. The molecule has 1 aromatic heterocycles. The first-order valence-electron chi connectivity index (χ1n) is 6.20. The van der Waals surface area contributed by atoms with Gasteiger partial charge < -0.3 is 9.88 Å². The van der Waals surface area contributed by atoms with Gasteiger partial charge in [-0.1, -0.05) is 12.8 Å². The quantitative estimate of drug-likeness (QED) is 0.782. The molecule has 1 aliphatic carbocycles. The summed E-state index contributed by atoms with van der Waals surface area (Å²) in [6.07, 6.45) is 6.16. The Balaban J connectivity index is 2.08. The van der Waals surface area contributed by atoms with Gasteiger partial charge in [-0.05, 0) is 25.2 Å². The smallest absolute Gasteiger partial charge is 0.274 e. The minimum absolute atomic E-state index is 0.0949. The van der Waals surface area contributed by atoms with Crippen molar-refractivity contribution in [3.63, 3.8) is 0 Å². The summed E-state index contributed by atoms with van der Waals surface area (Å²) in [7, 11) is 0. The normalized spacial score (nSPS) is 20.5. The highest BCUT2D eigenvalue weighted by molar-refractivity contribution is 5.31. The van der Waals surface area contributed by atoms with E-state index in [-0.39, 0.29) is 5.56 Å². The molecule has 4 nitrogen and oxygen atoms in total. The maximum Gasteiger partial charge on any atom is 0.274 e. The summed E-state index contributed by atoms with van der Waals surface area (Å²) in [5.74, 6) is 1.36. The van der Waals surface area contributed by atoms with Crippen LogP contribution in [0.25, 0.3) is 0 Å². The monoisotopic (exact) mass is 219 g/mol. The molecule has 4 heteroatoms. The molecule has 0 amide bonds. The number of fused-ring (bicyclic) bond motifs is 1. The minimum Gasteiger partial charge on any atom is -0.355 e. The van der Waals surface area contributed by atoms with Gasteiger partial charge in [0.1, 0.15) is 0 Å². The summed E-state index contributed by atoms with van der Waals surface area (Å²) < 4.78 is 2.21. The SMILES string of the molecule is O=c1cc(C2CCCC2)n2c(n1)NCCC2. The predicted molar refractivity (Wildman–Crippen MR) is 62.8 cm³/mol. The van der Waals surface area contributed by atoms with Crippen LogP contribution in [0.3, 0.4) is 0 Å². The Morgan fingerprint density at radius 1 is 1.31 bits per heavy atom. The van der Waals surface area contributed by atoms with Crippen molar-refractivity contribution < 1.29 is 0 Å². The number of nitrogens with one attached hydrogen (secondary N) is 1. The zero-order valence-corrected chi connectivity index (χ0v) is 9.41. The van der Waals surface area contributed by atoms with Gasteiger partial charge in [0.05, 0.1) is 0 Å². The van der Waals surface area contributed by atoms with Crippen molar-refractivity contribution in [3.8, 4) is 0 Å². The molecular formula is C12H17N3O. The van der Waals surface area contributed by atoms with Gasteiger partial charge in [-0.3, -0.25) is 4.79 Å². The van der Waals surface area contributed by atoms with Crippen LogP contribution < -0.4 is 10.9 Å². The molecule has 0 radical (unpaired) electrons. The Morgan fingerprint density at radius 2 is 2.12 bits per heavy atom. The molecule has 1 aliphatic heterocycles. The van der Waals surface area contributed by atoms with Crippen LogP contribution in [0.5, 0.6) is 0 Å². The molecule has 0 unspecified atom stereocenters. The van der Waals surface area contributed by atoms with E-state index in [2.05, 4.69) is 14.9 Å². The summed E-state index contributed by atoms with van der Waals surface area (Å²) in [5, 5.41) is 3.22. The van der Waals surface area contributed by atoms with Gasteiger partial charge in [-0.15, -0.1) is 0 Å². The largest absolute Gasteiger partial charge is 0.355 e. The Kier molecular flexibility index (Phi) is 2.42. The van der Waals surface area contributed by atoms with Gasteiger partial charge in [0, 0.05) is 24.8 Å². The topological polar surface area (TPSA) is 46.9 Å². The van der Waals surface area contributed by atoms with Crippen LogP contribution in [0.4, 0.5) is 5.95 Å². The lowest BCUT2D eigenvalue weighted by atomic mass is 10.0. The molecular weight excluding hydrogens is 202 g/mol. The van der Waals surface area contributed by atoms with E-state index in [1.165, 1.54) is 31.4 Å². The first-order chi connectivity index (χ1) is 7.84. The van der Waals surface area contributed by atoms with Gasteiger partial charge in [0.15, 0.2) is 0 Å². The molecule has 0 bridgehead atoms. The van der Waals surface area contributed by atoms with Gasteiger partial charge in [-0.2, -0.15) is 4.98 Å². The van der Waals surface area contributed by atoms with Gasteiger partial charge >= 0.3 is 0 Å². The van der Waals surface area contributed by atoms with Gasteiger partial charge in [0.2, 0.25) is 5.95 Å². The molecule has 0 atom stereocenters. The van der Waals surface area contributed by atoms with Crippen molar-refractivity contribution in [2.75, 3.05) is 11.9 Å². The predicted octanol–water partition coefficient (Wildman–Crippen LogP) is 1.72. The third kappa shape index (κ3) is 1.62. The van der Waals surface area contributed by atoms with E-state index in [1.807, 2.05) is 0 Å². The average molecular weight is 219 g/mol. The summed E-state index contributed by atoms with van der Waals surface area (Å²) in [4.78, 5) is 15.6. The molecule has 3 rings (SSSR count). The molecule has 2 aliphatic rings. The van der Waals surface area contributed by atoms with Gasteiger partial charge in [0.25, 0.3) is 5.56 Å². The molecule has 86 valence electrons. The number of aromatic nitrogens is 2. The number of nitrogens with zero attached hydrogens (tertiary/aromatic N) is 2. The number of hydrogen-bond acceptors (Lipinski definition) is 3. The van der Waals surface area contributed by atoms with E-state index in [4.69, 9.17) is 0 Å². The number of hydrogen-bond donors (Lipinski definition) is 1. The Bertz CT molecular complexity index is 446. The summed E-state index contributed by atoms with van der Waals surface area (Å²) >= 11 is 0. The first kappa shape index (κ1) is 9.87. The highest BCUT2D eigenvalue weighted by Crippen LogP contribution is 2.34. The van der Waals surface area contributed by atoms with Crippen molar-refractivity contribution >= 4 is 5.95 Å². The standard InChI is InChI=1S/C12H17N3O/c16-11-8-10(9-4-1-2-5-9)15-7-3-6-13-12(15)14-11/h8-9H,1-7H2,(H,13,14,16). The lowest BCUT2D eigenvalue weighted by Crippen LogP contribution is -2.27.